The minimum absolute atomic E-state index is 0.267. The average Bonchev–Trinajstić information content (AvgIpc) is 2.24. The van der Waals surface area contributed by atoms with E-state index < -0.39 is 5.60 Å². The van der Waals surface area contributed by atoms with Crippen molar-refractivity contribution in [3.05, 3.63) is 0 Å². The lowest BCUT2D eigenvalue weighted by atomic mass is 9.88. The number of hydrogen-bond acceptors (Lipinski definition) is 4. The normalized spacial score (nSPS) is 20.1. The lowest BCUT2D eigenvalue weighted by molar-refractivity contribution is -0.127. The predicted molar refractivity (Wildman–Crippen MR) is 71.6 cm³/mol. The second kappa shape index (κ2) is 6.13. The number of hydrogen-bond donors (Lipinski definition) is 1. The minimum atomic E-state index is -0.641. The third kappa shape index (κ3) is 5.04. The van der Waals surface area contributed by atoms with E-state index in [4.69, 9.17) is 4.74 Å². The maximum Gasteiger partial charge on any atom is 0.139 e. The standard InChI is InChI=1S/C14H27NO3/c1-13(2,3)12(16)5-8-15(4)11-14(17)6-9-18-10-7-14/h17H,5-11H2,1-4H3. The van der Waals surface area contributed by atoms with Crippen molar-refractivity contribution in [3.63, 3.8) is 0 Å². The Labute approximate surface area is 110 Å². The molecule has 106 valence electrons. The van der Waals surface area contributed by atoms with Crippen molar-refractivity contribution < 1.29 is 14.6 Å². The second-order valence-electron chi connectivity index (χ2n) is 6.50. The number of ether oxygens (including phenoxy) is 1. The minimum Gasteiger partial charge on any atom is -0.388 e. The van der Waals surface area contributed by atoms with Gasteiger partial charge in [0.1, 0.15) is 5.78 Å². The van der Waals surface area contributed by atoms with Crippen molar-refractivity contribution in [1.82, 2.24) is 4.90 Å². The highest BCUT2D eigenvalue weighted by atomic mass is 16.5. The quantitative estimate of drug-likeness (QED) is 0.810. The molecule has 0 aromatic heterocycles. The molecule has 0 amide bonds. The number of carbonyl (C=O) groups is 1. The maximum atomic E-state index is 11.8. The number of aliphatic hydroxyl groups is 1. The van der Waals surface area contributed by atoms with Crippen LogP contribution in [0.2, 0.25) is 0 Å². The fourth-order valence-corrected chi connectivity index (χ4v) is 2.16. The van der Waals surface area contributed by atoms with E-state index in [1.165, 1.54) is 0 Å². The molecule has 1 rings (SSSR count). The Morgan fingerprint density at radius 2 is 1.89 bits per heavy atom. The summed E-state index contributed by atoms with van der Waals surface area (Å²) in [7, 11) is 1.96. The zero-order valence-electron chi connectivity index (χ0n) is 12.2. The van der Waals surface area contributed by atoms with Crippen molar-refractivity contribution in [2.24, 2.45) is 5.41 Å². The van der Waals surface area contributed by atoms with Crippen LogP contribution in [0.1, 0.15) is 40.0 Å². The monoisotopic (exact) mass is 257 g/mol. The van der Waals surface area contributed by atoms with Gasteiger partial charge in [-0.25, -0.2) is 0 Å². The predicted octanol–water partition coefficient (Wildman–Crippen LogP) is 1.46. The summed E-state index contributed by atoms with van der Waals surface area (Å²) in [5.74, 6) is 0.272. The molecule has 0 bridgehead atoms. The van der Waals surface area contributed by atoms with Gasteiger partial charge >= 0.3 is 0 Å². The molecule has 0 aromatic rings. The lowest BCUT2D eigenvalue weighted by Crippen LogP contribution is -2.46. The molecule has 0 spiro atoms. The van der Waals surface area contributed by atoms with Crippen molar-refractivity contribution >= 4 is 5.78 Å². The number of carbonyl (C=O) groups excluding carboxylic acids is 1. The Balaban J connectivity index is 2.33. The summed E-state index contributed by atoms with van der Waals surface area (Å²) in [4.78, 5) is 13.9. The van der Waals surface area contributed by atoms with Gasteiger partial charge in [0.05, 0.1) is 5.60 Å². The molecule has 0 atom stereocenters. The molecule has 0 aliphatic carbocycles. The summed E-state index contributed by atoms with van der Waals surface area (Å²) in [6.07, 6.45) is 1.92. The Bertz CT molecular complexity index is 277. The van der Waals surface area contributed by atoms with Gasteiger partial charge in [-0.15, -0.1) is 0 Å². The van der Waals surface area contributed by atoms with Gasteiger partial charge in [-0.2, -0.15) is 0 Å². The van der Waals surface area contributed by atoms with E-state index >= 15 is 0 Å². The van der Waals surface area contributed by atoms with E-state index in [9.17, 15) is 9.90 Å². The molecular formula is C14H27NO3. The average molecular weight is 257 g/mol. The topological polar surface area (TPSA) is 49.8 Å². The van der Waals surface area contributed by atoms with E-state index in [0.717, 1.165) is 0 Å². The van der Waals surface area contributed by atoms with E-state index in [2.05, 4.69) is 4.90 Å². The van der Waals surface area contributed by atoms with Gasteiger partial charge in [0.15, 0.2) is 0 Å². The molecule has 1 saturated heterocycles. The summed E-state index contributed by atoms with van der Waals surface area (Å²) in [6.45, 7) is 8.42. The second-order valence-corrected chi connectivity index (χ2v) is 6.50. The van der Waals surface area contributed by atoms with Crippen LogP contribution >= 0.6 is 0 Å². The molecule has 0 saturated carbocycles. The molecule has 0 radical (unpaired) electrons. The molecule has 18 heavy (non-hydrogen) atoms. The van der Waals surface area contributed by atoms with Crippen LogP contribution in [0, 0.1) is 5.41 Å². The first-order chi connectivity index (χ1) is 8.23. The van der Waals surface area contributed by atoms with Crippen LogP contribution < -0.4 is 0 Å². The SMILES string of the molecule is CN(CCC(=O)C(C)(C)C)CC1(O)CCOCC1. The van der Waals surface area contributed by atoms with Crippen LogP contribution in [0.5, 0.6) is 0 Å². The van der Waals surface area contributed by atoms with Gasteiger partial charge in [0.25, 0.3) is 0 Å². The van der Waals surface area contributed by atoms with Crippen LogP contribution in [-0.4, -0.2) is 54.7 Å². The highest BCUT2D eigenvalue weighted by Gasteiger charge is 2.31. The summed E-state index contributed by atoms with van der Waals surface area (Å²) >= 11 is 0. The molecule has 0 aromatic carbocycles. The fourth-order valence-electron chi connectivity index (χ4n) is 2.16. The van der Waals surface area contributed by atoms with E-state index in [1.807, 2.05) is 27.8 Å². The van der Waals surface area contributed by atoms with Crippen LogP contribution in [0.4, 0.5) is 0 Å². The molecule has 0 unspecified atom stereocenters. The lowest BCUT2D eigenvalue weighted by Gasteiger charge is -2.35. The van der Waals surface area contributed by atoms with Gasteiger partial charge in [-0.1, -0.05) is 20.8 Å². The number of likely N-dealkylation sites (N-methyl/N-ethyl adjacent to an activating group) is 1. The number of ketones is 1. The van der Waals surface area contributed by atoms with E-state index in [-0.39, 0.29) is 11.2 Å². The molecule has 1 aliphatic rings. The largest absolute Gasteiger partial charge is 0.388 e. The van der Waals surface area contributed by atoms with Gasteiger partial charge in [0.2, 0.25) is 0 Å². The Hall–Kier alpha value is -0.450. The third-order valence-corrected chi connectivity index (χ3v) is 3.54. The molecule has 1 heterocycles. The fraction of sp³-hybridized carbons (Fsp3) is 0.929. The molecule has 4 nitrogen and oxygen atoms in total. The van der Waals surface area contributed by atoms with Crippen molar-refractivity contribution in [3.8, 4) is 0 Å². The first-order valence-electron chi connectivity index (χ1n) is 6.75. The molecular weight excluding hydrogens is 230 g/mol. The first-order valence-corrected chi connectivity index (χ1v) is 6.75. The Kier molecular flexibility index (Phi) is 5.32. The van der Waals surface area contributed by atoms with E-state index in [0.29, 0.717) is 45.6 Å². The molecule has 1 fully saturated rings. The Morgan fingerprint density at radius 1 is 1.33 bits per heavy atom. The maximum absolute atomic E-state index is 11.8. The van der Waals surface area contributed by atoms with Gasteiger partial charge in [0, 0.05) is 51.0 Å². The van der Waals surface area contributed by atoms with Crippen molar-refractivity contribution in [2.45, 2.75) is 45.6 Å². The number of nitrogens with zero attached hydrogens (tertiary/aromatic N) is 1. The zero-order chi connectivity index (χ0) is 13.8. The highest BCUT2D eigenvalue weighted by Crippen LogP contribution is 2.22. The zero-order valence-corrected chi connectivity index (χ0v) is 12.2. The smallest absolute Gasteiger partial charge is 0.139 e. The van der Waals surface area contributed by atoms with Crippen molar-refractivity contribution in [2.75, 3.05) is 33.4 Å². The van der Waals surface area contributed by atoms with Crippen LogP contribution in [0.3, 0.4) is 0 Å². The molecule has 4 heteroatoms. The summed E-state index contributed by atoms with van der Waals surface area (Å²) < 4.78 is 5.26. The van der Waals surface area contributed by atoms with Gasteiger partial charge in [-0.3, -0.25) is 4.79 Å². The van der Waals surface area contributed by atoms with Gasteiger partial charge in [-0.05, 0) is 7.05 Å². The number of Topliss-reactive ketones (excluding diaryl/α,β-unsaturated/α-hetero) is 1. The molecule has 1 aliphatic heterocycles. The van der Waals surface area contributed by atoms with Crippen LogP contribution in [0.25, 0.3) is 0 Å². The Morgan fingerprint density at radius 3 is 2.39 bits per heavy atom. The van der Waals surface area contributed by atoms with Crippen LogP contribution in [0.15, 0.2) is 0 Å². The first kappa shape index (κ1) is 15.6. The van der Waals surface area contributed by atoms with Gasteiger partial charge < -0.3 is 14.7 Å². The summed E-state index contributed by atoms with van der Waals surface area (Å²) in [6, 6.07) is 0. The summed E-state index contributed by atoms with van der Waals surface area (Å²) in [5, 5.41) is 10.4. The number of rotatable bonds is 5. The third-order valence-electron chi connectivity index (χ3n) is 3.54. The van der Waals surface area contributed by atoms with E-state index in [1.54, 1.807) is 0 Å². The van der Waals surface area contributed by atoms with Crippen LogP contribution in [-0.2, 0) is 9.53 Å². The molecule has 1 N–H and O–H groups in total. The summed E-state index contributed by atoms with van der Waals surface area (Å²) in [5.41, 5.74) is -0.909. The van der Waals surface area contributed by atoms with Crippen molar-refractivity contribution in [1.29, 1.82) is 0 Å². The highest BCUT2D eigenvalue weighted by molar-refractivity contribution is 5.83.